The first kappa shape index (κ1) is 13.9. The van der Waals surface area contributed by atoms with Crippen molar-refractivity contribution in [1.82, 2.24) is 0 Å². The van der Waals surface area contributed by atoms with E-state index >= 15 is 0 Å². The molecule has 0 radical (unpaired) electrons. The van der Waals surface area contributed by atoms with Gasteiger partial charge in [-0.15, -0.1) is 0 Å². The van der Waals surface area contributed by atoms with E-state index in [9.17, 15) is 12.8 Å². The van der Waals surface area contributed by atoms with Gasteiger partial charge in [-0.2, -0.15) is 0 Å². The maximum Gasteiger partial charge on any atom is 0.149 e. The molecule has 0 aliphatic heterocycles. The normalized spacial score (nSPS) is 11.5. The number of anilines is 1. The zero-order chi connectivity index (χ0) is 13.1. The van der Waals surface area contributed by atoms with Gasteiger partial charge in [0.05, 0.1) is 5.75 Å². The molecule has 6 heteroatoms. The van der Waals surface area contributed by atoms with Crippen molar-refractivity contribution < 1.29 is 12.8 Å². The predicted molar refractivity (Wildman–Crippen MR) is 67.3 cm³/mol. The molecule has 0 bridgehead atoms. The fourth-order valence-corrected chi connectivity index (χ4v) is 2.12. The van der Waals surface area contributed by atoms with Gasteiger partial charge in [0, 0.05) is 32.1 Å². The van der Waals surface area contributed by atoms with Crippen molar-refractivity contribution in [3.63, 3.8) is 0 Å². The second-order valence-electron chi connectivity index (χ2n) is 4.03. The number of halogens is 1. The third kappa shape index (κ3) is 4.32. The minimum absolute atomic E-state index is 0.0604. The van der Waals surface area contributed by atoms with Crippen LogP contribution in [0.25, 0.3) is 0 Å². The lowest BCUT2D eigenvalue weighted by atomic mass is 10.1. The number of hydrogen-bond donors (Lipinski definition) is 1. The number of nitrogens with two attached hydrogens (primary N) is 1. The first-order valence-corrected chi connectivity index (χ1v) is 7.27. The molecule has 1 rings (SSSR count). The average molecular weight is 260 g/mol. The van der Waals surface area contributed by atoms with Gasteiger partial charge in [0.25, 0.3) is 0 Å². The van der Waals surface area contributed by atoms with Crippen LogP contribution in [0.5, 0.6) is 0 Å². The third-order valence-electron chi connectivity index (χ3n) is 2.47. The van der Waals surface area contributed by atoms with Gasteiger partial charge in [-0.1, -0.05) is 0 Å². The average Bonchev–Trinajstić information content (AvgIpc) is 2.24. The molecule has 0 aromatic heterocycles. The maximum absolute atomic E-state index is 13.0. The number of benzene rings is 1. The van der Waals surface area contributed by atoms with E-state index in [4.69, 9.17) is 5.73 Å². The minimum Gasteiger partial charge on any atom is -0.373 e. The fraction of sp³-hybridized carbons (Fsp3) is 0.455. The van der Waals surface area contributed by atoms with E-state index in [0.717, 1.165) is 5.69 Å². The van der Waals surface area contributed by atoms with Crippen LogP contribution in [-0.4, -0.2) is 34.0 Å². The van der Waals surface area contributed by atoms with E-state index in [1.54, 1.807) is 18.0 Å². The van der Waals surface area contributed by atoms with Gasteiger partial charge in [-0.3, -0.25) is 0 Å². The topological polar surface area (TPSA) is 63.4 Å². The monoisotopic (exact) mass is 260 g/mol. The zero-order valence-corrected chi connectivity index (χ0v) is 10.8. The van der Waals surface area contributed by atoms with Crippen LogP contribution in [0.3, 0.4) is 0 Å². The second-order valence-corrected chi connectivity index (χ2v) is 6.29. The Hall–Kier alpha value is -1.14. The van der Waals surface area contributed by atoms with Crippen molar-refractivity contribution in [3.8, 4) is 0 Å². The fourth-order valence-electron chi connectivity index (χ4n) is 1.51. The molecule has 2 N–H and O–H groups in total. The Morgan fingerprint density at radius 1 is 1.41 bits per heavy atom. The first-order valence-electron chi connectivity index (χ1n) is 5.21. The quantitative estimate of drug-likeness (QED) is 0.849. The summed E-state index contributed by atoms with van der Waals surface area (Å²) in [6.07, 6.45) is 1.19. The van der Waals surface area contributed by atoms with Crippen molar-refractivity contribution in [2.75, 3.05) is 30.5 Å². The number of rotatable bonds is 5. The van der Waals surface area contributed by atoms with E-state index in [2.05, 4.69) is 0 Å². The summed E-state index contributed by atoms with van der Waals surface area (Å²) in [7, 11) is -1.24. The first-order chi connectivity index (χ1) is 7.83. The summed E-state index contributed by atoms with van der Waals surface area (Å²) in [4.78, 5) is 1.77. The molecule has 96 valence electrons. The Kier molecular flexibility index (Phi) is 4.47. The number of nitrogens with zero attached hydrogens (tertiary/aromatic N) is 1. The van der Waals surface area contributed by atoms with Crippen LogP contribution in [-0.2, 0) is 16.4 Å². The standard InChI is InChI=1S/C11H17FN2O2S/c1-14(5-6-17(2,15)16)11-4-3-10(12)7-9(11)8-13/h3-4,7H,5-6,8,13H2,1-2H3. The third-order valence-corrected chi connectivity index (χ3v) is 3.39. The van der Waals surface area contributed by atoms with Gasteiger partial charge in [0.2, 0.25) is 0 Å². The Labute approximate surface area is 101 Å². The van der Waals surface area contributed by atoms with E-state index in [-0.39, 0.29) is 18.1 Å². The summed E-state index contributed by atoms with van der Waals surface area (Å²) in [5, 5.41) is 0. The van der Waals surface area contributed by atoms with Crippen molar-refractivity contribution in [1.29, 1.82) is 0 Å². The summed E-state index contributed by atoms with van der Waals surface area (Å²) in [5.41, 5.74) is 6.96. The smallest absolute Gasteiger partial charge is 0.149 e. The largest absolute Gasteiger partial charge is 0.373 e. The summed E-state index contributed by atoms with van der Waals surface area (Å²) >= 11 is 0. The molecule has 1 aromatic rings. The Morgan fingerprint density at radius 3 is 2.59 bits per heavy atom. The molecule has 4 nitrogen and oxygen atoms in total. The Balaban J connectivity index is 2.85. The highest BCUT2D eigenvalue weighted by atomic mass is 32.2. The van der Waals surface area contributed by atoms with Gasteiger partial charge in [-0.25, -0.2) is 12.8 Å². The molecular formula is C11H17FN2O2S. The van der Waals surface area contributed by atoms with Crippen LogP contribution in [0.15, 0.2) is 18.2 Å². The minimum atomic E-state index is -3.00. The molecule has 1 aromatic carbocycles. The highest BCUT2D eigenvalue weighted by Crippen LogP contribution is 2.20. The lowest BCUT2D eigenvalue weighted by molar-refractivity contribution is 0.600. The van der Waals surface area contributed by atoms with Gasteiger partial charge >= 0.3 is 0 Å². The zero-order valence-electron chi connectivity index (χ0n) is 9.98. The molecule has 17 heavy (non-hydrogen) atoms. The Bertz CT molecular complexity index is 488. The second kappa shape index (κ2) is 5.46. The van der Waals surface area contributed by atoms with Crippen LogP contribution in [0, 0.1) is 5.82 Å². The molecule has 0 saturated heterocycles. The summed E-state index contributed by atoms with van der Waals surface area (Å²) < 4.78 is 35.1. The molecular weight excluding hydrogens is 243 g/mol. The van der Waals surface area contributed by atoms with Gasteiger partial charge in [0.15, 0.2) is 0 Å². The van der Waals surface area contributed by atoms with Crippen LogP contribution in [0.4, 0.5) is 10.1 Å². The molecule has 0 fully saturated rings. The van der Waals surface area contributed by atoms with Crippen LogP contribution in [0.1, 0.15) is 5.56 Å². The van der Waals surface area contributed by atoms with E-state index in [0.29, 0.717) is 12.1 Å². The van der Waals surface area contributed by atoms with E-state index in [1.165, 1.54) is 18.4 Å². The van der Waals surface area contributed by atoms with E-state index in [1.807, 2.05) is 0 Å². The molecule has 0 unspecified atom stereocenters. The highest BCUT2D eigenvalue weighted by molar-refractivity contribution is 7.90. The molecule has 0 aliphatic carbocycles. The summed E-state index contributed by atoms with van der Waals surface area (Å²) in [6, 6.07) is 4.32. The lowest BCUT2D eigenvalue weighted by Crippen LogP contribution is -2.26. The highest BCUT2D eigenvalue weighted by Gasteiger charge is 2.10. The van der Waals surface area contributed by atoms with Crippen LogP contribution in [0.2, 0.25) is 0 Å². The summed E-state index contributed by atoms with van der Waals surface area (Å²) in [5.74, 6) is -0.282. The molecule has 0 heterocycles. The predicted octanol–water partition coefficient (Wildman–Crippen LogP) is 0.765. The Morgan fingerprint density at radius 2 is 2.06 bits per heavy atom. The van der Waals surface area contributed by atoms with Crippen molar-refractivity contribution in [2.45, 2.75) is 6.54 Å². The maximum atomic E-state index is 13.0. The van der Waals surface area contributed by atoms with Crippen molar-refractivity contribution in [3.05, 3.63) is 29.6 Å². The summed E-state index contributed by atoms with van der Waals surface area (Å²) in [6.45, 7) is 0.577. The van der Waals surface area contributed by atoms with Crippen LogP contribution < -0.4 is 10.6 Å². The molecule has 0 saturated carbocycles. The number of hydrogen-bond acceptors (Lipinski definition) is 4. The van der Waals surface area contributed by atoms with Crippen LogP contribution >= 0.6 is 0 Å². The molecule has 0 aliphatic rings. The van der Waals surface area contributed by atoms with Gasteiger partial charge < -0.3 is 10.6 Å². The molecule has 0 amide bonds. The number of sulfone groups is 1. The van der Waals surface area contributed by atoms with Crippen molar-refractivity contribution >= 4 is 15.5 Å². The molecule has 0 atom stereocenters. The van der Waals surface area contributed by atoms with Crippen molar-refractivity contribution in [2.24, 2.45) is 5.73 Å². The van der Waals surface area contributed by atoms with Gasteiger partial charge in [0.1, 0.15) is 15.7 Å². The molecule has 0 spiro atoms. The lowest BCUT2D eigenvalue weighted by Gasteiger charge is -2.21. The SMILES string of the molecule is CN(CCS(C)(=O)=O)c1ccc(F)cc1CN. The van der Waals surface area contributed by atoms with E-state index < -0.39 is 9.84 Å². The van der Waals surface area contributed by atoms with Gasteiger partial charge in [-0.05, 0) is 23.8 Å².